The summed E-state index contributed by atoms with van der Waals surface area (Å²) in [6, 6.07) is 6.67. The van der Waals surface area contributed by atoms with Gasteiger partial charge in [-0.1, -0.05) is 0 Å². The van der Waals surface area contributed by atoms with Crippen LogP contribution in [0.3, 0.4) is 0 Å². The number of hydrogen-bond acceptors (Lipinski definition) is 5. The summed E-state index contributed by atoms with van der Waals surface area (Å²) in [6.07, 6.45) is 0.783. The molecule has 6 nitrogen and oxygen atoms in total. The highest BCUT2D eigenvalue weighted by Gasteiger charge is 2.36. The summed E-state index contributed by atoms with van der Waals surface area (Å²) < 4.78 is 10.4. The number of carbonyl (C=O) groups excluding carboxylic acids is 2. The molecule has 1 aromatic rings. The van der Waals surface area contributed by atoms with Crippen molar-refractivity contribution < 1.29 is 19.1 Å². The second kappa shape index (κ2) is 9.68. The summed E-state index contributed by atoms with van der Waals surface area (Å²) in [4.78, 5) is 28.8. The average Bonchev–Trinajstić information content (AvgIpc) is 3.11. The lowest BCUT2D eigenvalue weighted by Crippen LogP contribution is -2.48. The first kappa shape index (κ1) is 19.6. The normalized spacial score (nSPS) is 16.8. The van der Waals surface area contributed by atoms with Crippen molar-refractivity contribution in [2.45, 2.75) is 19.4 Å². The number of likely N-dealkylation sites (N-methyl/N-ethyl adjacent to an activating group) is 1. The van der Waals surface area contributed by atoms with Crippen LogP contribution >= 0.6 is 11.8 Å². The zero-order valence-electron chi connectivity index (χ0n) is 15.1. The molecule has 1 aromatic carbocycles. The summed E-state index contributed by atoms with van der Waals surface area (Å²) in [7, 11) is 3.42. The van der Waals surface area contributed by atoms with Crippen molar-refractivity contribution in [1.29, 1.82) is 0 Å². The molecular formula is C18H26N2O4S. The highest BCUT2D eigenvalue weighted by molar-refractivity contribution is 7.99. The lowest BCUT2D eigenvalue weighted by atomic mass is 10.1. The van der Waals surface area contributed by atoms with Gasteiger partial charge in [-0.05, 0) is 37.6 Å². The summed E-state index contributed by atoms with van der Waals surface area (Å²) >= 11 is 1.61. The second-order valence-electron chi connectivity index (χ2n) is 5.85. The van der Waals surface area contributed by atoms with Gasteiger partial charge >= 0.3 is 0 Å². The topological polar surface area (TPSA) is 59.1 Å². The van der Waals surface area contributed by atoms with Crippen LogP contribution in [-0.2, 0) is 9.53 Å². The number of rotatable bonds is 8. The molecule has 0 N–H and O–H groups in total. The maximum Gasteiger partial charge on any atom is 0.255 e. The summed E-state index contributed by atoms with van der Waals surface area (Å²) in [5.41, 5.74) is 0.575. The number of hydrogen-bond donors (Lipinski definition) is 0. The van der Waals surface area contributed by atoms with E-state index >= 15 is 0 Å². The molecule has 1 aliphatic rings. The van der Waals surface area contributed by atoms with Gasteiger partial charge in [-0.2, -0.15) is 0 Å². The maximum absolute atomic E-state index is 12.8. The van der Waals surface area contributed by atoms with Crippen LogP contribution in [0.1, 0.15) is 23.7 Å². The van der Waals surface area contributed by atoms with E-state index in [1.165, 1.54) is 0 Å². The molecular weight excluding hydrogens is 340 g/mol. The molecule has 25 heavy (non-hydrogen) atoms. The van der Waals surface area contributed by atoms with E-state index in [-0.39, 0.29) is 11.8 Å². The Hall–Kier alpha value is -1.73. The van der Waals surface area contributed by atoms with E-state index in [9.17, 15) is 9.59 Å². The van der Waals surface area contributed by atoms with Crippen molar-refractivity contribution >= 4 is 23.6 Å². The maximum atomic E-state index is 12.8. The van der Waals surface area contributed by atoms with Gasteiger partial charge in [0, 0.05) is 38.6 Å². The molecule has 1 heterocycles. The van der Waals surface area contributed by atoms with Gasteiger partial charge in [0.05, 0.1) is 12.5 Å². The molecule has 0 aliphatic carbocycles. The Kier molecular flexibility index (Phi) is 7.58. The fourth-order valence-electron chi connectivity index (χ4n) is 2.68. The van der Waals surface area contributed by atoms with Gasteiger partial charge in [0.1, 0.15) is 11.8 Å². The lowest BCUT2D eigenvalue weighted by molar-refractivity contribution is -0.133. The van der Waals surface area contributed by atoms with Crippen LogP contribution in [0.15, 0.2) is 24.3 Å². The van der Waals surface area contributed by atoms with Crippen molar-refractivity contribution in [1.82, 2.24) is 9.80 Å². The van der Waals surface area contributed by atoms with Crippen molar-refractivity contribution in [2.75, 3.05) is 45.5 Å². The van der Waals surface area contributed by atoms with Crippen LogP contribution in [0.5, 0.6) is 5.75 Å². The zero-order valence-corrected chi connectivity index (χ0v) is 15.9. The monoisotopic (exact) mass is 366 g/mol. The molecule has 7 heteroatoms. The minimum atomic E-state index is -0.406. The van der Waals surface area contributed by atoms with E-state index in [1.54, 1.807) is 60.0 Å². The molecule has 0 saturated carbocycles. The van der Waals surface area contributed by atoms with Crippen LogP contribution in [0.4, 0.5) is 0 Å². The van der Waals surface area contributed by atoms with E-state index in [4.69, 9.17) is 9.47 Å². The van der Waals surface area contributed by atoms with E-state index in [1.807, 2.05) is 6.92 Å². The fraction of sp³-hybridized carbons (Fsp3) is 0.556. The predicted octanol–water partition coefficient (Wildman–Crippen LogP) is 2.10. The number of thioether (sulfide) groups is 1. The Morgan fingerprint density at radius 2 is 2.04 bits per heavy atom. The zero-order chi connectivity index (χ0) is 18.2. The van der Waals surface area contributed by atoms with Crippen LogP contribution in [0.2, 0.25) is 0 Å². The molecule has 1 aliphatic heterocycles. The summed E-state index contributed by atoms with van der Waals surface area (Å²) in [5.74, 6) is 1.78. The van der Waals surface area contributed by atoms with E-state index in [0.29, 0.717) is 37.0 Å². The van der Waals surface area contributed by atoms with Gasteiger partial charge in [0.15, 0.2) is 0 Å². The lowest BCUT2D eigenvalue weighted by Gasteiger charge is -2.27. The number of amides is 2. The number of methoxy groups -OCH3 is 1. The van der Waals surface area contributed by atoms with E-state index in [2.05, 4.69) is 0 Å². The Morgan fingerprint density at radius 1 is 1.32 bits per heavy atom. The smallest absolute Gasteiger partial charge is 0.255 e. The van der Waals surface area contributed by atoms with Crippen LogP contribution in [-0.4, -0.2) is 73.2 Å². The fourth-order valence-corrected chi connectivity index (χ4v) is 3.83. The van der Waals surface area contributed by atoms with Gasteiger partial charge in [0.2, 0.25) is 5.91 Å². The first-order valence-electron chi connectivity index (χ1n) is 8.44. The van der Waals surface area contributed by atoms with Gasteiger partial charge in [0.25, 0.3) is 5.91 Å². The third kappa shape index (κ3) is 5.12. The van der Waals surface area contributed by atoms with Gasteiger partial charge in [-0.3, -0.25) is 9.59 Å². The predicted molar refractivity (Wildman–Crippen MR) is 99.0 cm³/mol. The molecule has 138 valence electrons. The first-order chi connectivity index (χ1) is 12.1. The van der Waals surface area contributed by atoms with Gasteiger partial charge in [-0.25, -0.2) is 0 Å². The number of carbonyl (C=O) groups is 2. The highest BCUT2D eigenvalue weighted by Crippen LogP contribution is 2.25. The highest BCUT2D eigenvalue weighted by atomic mass is 32.2. The number of benzene rings is 1. The first-order valence-corrected chi connectivity index (χ1v) is 9.59. The molecule has 0 spiro atoms. The molecule has 2 amide bonds. The van der Waals surface area contributed by atoms with Gasteiger partial charge in [-0.15, -0.1) is 11.8 Å². The van der Waals surface area contributed by atoms with Crippen molar-refractivity contribution in [2.24, 2.45) is 0 Å². The minimum Gasteiger partial charge on any atom is -0.494 e. The SMILES string of the molecule is CCOc1ccc(C(=O)N2CSC[C@@H]2C(=O)N(C)CCCOC)cc1. The standard InChI is InChI=1S/C18H26N2O4S/c1-4-24-15-8-6-14(7-9-15)17(21)20-13-25-12-16(20)18(22)19(2)10-5-11-23-3/h6-9,16H,4-5,10-13H2,1-3H3/t16-/m1/s1. The molecule has 0 bridgehead atoms. The van der Waals surface area contributed by atoms with Crippen LogP contribution < -0.4 is 4.74 Å². The van der Waals surface area contributed by atoms with E-state index < -0.39 is 6.04 Å². The van der Waals surface area contributed by atoms with E-state index in [0.717, 1.165) is 12.2 Å². The molecule has 1 saturated heterocycles. The molecule has 0 radical (unpaired) electrons. The Morgan fingerprint density at radius 3 is 2.68 bits per heavy atom. The van der Waals surface area contributed by atoms with Gasteiger partial charge < -0.3 is 19.3 Å². The number of nitrogens with zero attached hydrogens (tertiary/aromatic N) is 2. The Bertz CT molecular complexity index is 579. The van der Waals surface area contributed by atoms with Crippen molar-refractivity contribution in [3.8, 4) is 5.75 Å². The quantitative estimate of drug-likeness (QED) is 0.660. The Labute approximate surface area is 153 Å². The minimum absolute atomic E-state index is 0.0135. The van der Waals surface area contributed by atoms with Crippen LogP contribution in [0.25, 0.3) is 0 Å². The third-order valence-electron chi connectivity index (χ3n) is 4.06. The average molecular weight is 366 g/mol. The molecule has 1 fully saturated rings. The molecule has 0 unspecified atom stereocenters. The molecule has 2 rings (SSSR count). The summed E-state index contributed by atoms with van der Waals surface area (Å²) in [6.45, 7) is 3.74. The van der Waals surface area contributed by atoms with Crippen LogP contribution in [0, 0.1) is 0 Å². The third-order valence-corrected chi connectivity index (χ3v) is 5.07. The van der Waals surface area contributed by atoms with Crippen molar-refractivity contribution in [3.63, 3.8) is 0 Å². The molecule has 1 atom stereocenters. The summed E-state index contributed by atoms with van der Waals surface area (Å²) in [5, 5.41) is 0. The largest absolute Gasteiger partial charge is 0.494 e. The van der Waals surface area contributed by atoms with Crippen molar-refractivity contribution in [3.05, 3.63) is 29.8 Å². The molecule has 0 aromatic heterocycles. The Balaban J connectivity index is 2.01. The number of ether oxygens (including phenoxy) is 2. The second-order valence-corrected chi connectivity index (χ2v) is 6.85.